The van der Waals surface area contributed by atoms with Gasteiger partial charge in [-0.05, 0) is 30.3 Å². The fourth-order valence-corrected chi connectivity index (χ4v) is 2.94. The average molecular weight is 388 g/mol. The van der Waals surface area contributed by atoms with Crippen molar-refractivity contribution < 1.29 is 14.4 Å². The number of nitro groups is 1. The van der Waals surface area contributed by atoms with Gasteiger partial charge in [0.05, 0.1) is 21.2 Å². The zero-order valence-corrected chi connectivity index (χ0v) is 15.0. The van der Waals surface area contributed by atoms with Crippen LogP contribution in [0.15, 0.2) is 69.9 Å². The molecule has 0 saturated heterocycles. The maximum atomic E-state index is 12.7. The lowest BCUT2D eigenvalue weighted by Crippen LogP contribution is -2.33. The first kappa shape index (κ1) is 18.1. The van der Waals surface area contributed by atoms with Gasteiger partial charge in [0, 0.05) is 17.7 Å². The summed E-state index contributed by atoms with van der Waals surface area (Å²) in [7, 11) is 0. The highest BCUT2D eigenvalue weighted by atomic mass is 16.6. The maximum absolute atomic E-state index is 12.7. The minimum atomic E-state index is -0.584. The van der Waals surface area contributed by atoms with Gasteiger partial charge in [-0.25, -0.2) is 4.68 Å². The maximum Gasteiger partial charge on any atom is 0.279 e. The van der Waals surface area contributed by atoms with Crippen LogP contribution in [-0.4, -0.2) is 14.7 Å². The number of aromatic nitrogens is 2. The topological polar surface area (TPSA) is 117 Å². The number of hydrogen-bond acceptors (Lipinski definition) is 5. The number of nitro benzene ring substituents is 1. The second kappa shape index (κ2) is 7.01. The fourth-order valence-electron chi connectivity index (χ4n) is 2.94. The van der Waals surface area contributed by atoms with Crippen LogP contribution in [0.1, 0.15) is 5.76 Å². The lowest BCUT2D eigenvalue weighted by molar-refractivity contribution is -0.385. The smallest absolute Gasteiger partial charge is 0.279 e. The van der Waals surface area contributed by atoms with E-state index >= 15 is 0 Å². The van der Waals surface area contributed by atoms with Crippen LogP contribution >= 0.6 is 0 Å². The second-order valence-corrected chi connectivity index (χ2v) is 6.26. The highest BCUT2D eigenvalue weighted by Gasteiger charge is 2.12. The van der Waals surface area contributed by atoms with E-state index in [4.69, 9.17) is 4.42 Å². The molecule has 8 heteroatoms. The molecular formula is C21H14N3O5-. The van der Waals surface area contributed by atoms with E-state index in [1.54, 1.807) is 18.2 Å². The molecule has 0 spiro atoms. The van der Waals surface area contributed by atoms with Crippen LogP contribution in [0.4, 0.5) is 5.69 Å². The van der Waals surface area contributed by atoms with Gasteiger partial charge in [0.15, 0.2) is 0 Å². The van der Waals surface area contributed by atoms with Gasteiger partial charge in [0.1, 0.15) is 11.5 Å². The van der Waals surface area contributed by atoms with Crippen LogP contribution in [0.3, 0.4) is 0 Å². The molecule has 4 rings (SSSR count). The van der Waals surface area contributed by atoms with Crippen molar-refractivity contribution >= 4 is 18.3 Å². The highest BCUT2D eigenvalue weighted by molar-refractivity contribution is 5.69. The third-order valence-corrected chi connectivity index (χ3v) is 4.37. The fraction of sp³-hybridized carbons (Fsp3) is 0. The van der Waals surface area contributed by atoms with E-state index in [9.17, 15) is 20.0 Å². The van der Waals surface area contributed by atoms with E-state index in [-0.39, 0.29) is 22.6 Å². The number of para-hydroxylation sites is 1. The normalized spacial score (nSPS) is 11.7. The summed E-state index contributed by atoms with van der Waals surface area (Å²) in [6.45, 7) is 3.86. The molecule has 0 unspecified atom stereocenters. The summed E-state index contributed by atoms with van der Waals surface area (Å²) in [5, 5.41) is 26.6. The van der Waals surface area contributed by atoms with Gasteiger partial charge in [0.25, 0.3) is 11.2 Å². The van der Waals surface area contributed by atoms with E-state index in [1.807, 2.05) is 18.2 Å². The molecule has 4 aromatic rings. The van der Waals surface area contributed by atoms with Gasteiger partial charge in [-0.15, -0.1) is 0 Å². The van der Waals surface area contributed by atoms with Crippen LogP contribution in [-0.2, 0) is 0 Å². The Morgan fingerprint density at radius 1 is 1.10 bits per heavy atom. The van der Waals surface area contributed by atoms with Crippen molar-refractivity contribution in [3.05, 3.63) is 97.5 Å². The zero-order valence-electron chi connectivity index (χ0n) is 15.0. The average Bonchev–Trinajstić information content (AvgIpc) is 3.29. The largest absolute Gasteiger partial charge is 0.872 e. The number of rotatable bonds is 4. The molecule has 0 aliphatic rings. The Hall–Kier alpha value is -4.33. The molecule has 29 heavy (non-hydrogen) atoms. The minimum Gasteiger partial charge on any atom is -0.872 e. The molecule has 0 aliphatic carbocycles. The summed E-state index contributed by atoms with van der Waals surface area (Å²) in [5.41, 5.74) is 0.219. The van der Waals surface area contributed by atoms with E-state index in [1.165, 1.54) is 16.8 Å². The molecule has 8 nitrogen and oxygen atoms in total. The molecule has 2 heterocycles. The molecule has 0 fully saturated rings. The Labute approximate surface area is 163 Å². The van der Waals surface area contributed by atoms with Crippen LogP contribution in [0, 0.1) is 10.1 Å². The summed E-state index contributed by atoms with van der Waals surface area (Å²) >= 11 is 0. The minimum absolute atomic E-state index is 0.0736. The molecule has 2 aromatic carbocycles. The first-order valence-corrected chi connectivity index (χ1v) is 8.57. The Morgan fingerprint density at radius 2 is 1.86 bits per heavy atom. The van der Waals surface area contributed by atoms with E-state index < -0.39 is 10.7 Å². The SMILES string of the molecule is C=c1[nH]n(-c2ccccc2)c(=O)c1=Cc1ccc(-c2cc([N+](=O)[O-])ccc2[O-])o1. The van der Waals surface area contributed by atoms with Gasteiger partial charge in [0.2, 0.25) is 0 Å². The molecule has 0 aliphatic heterocycles. The Morgan fingerprint density at radius 3 is 2.59 bits per heavy atom. The predicted octanol–water partition coefficient (Wildman–Crippen LogP) is 1.65. The van der Waals surface area contributed by atoms with Crippen molar-refractivity contribution in [1.82, 2.24) is 9.78 Å². The third-order valence-electron chi connectivity index (χ3n) is 4.37. The number of furan rings is 1. The molecule has 0 saturated carbocycles. The lowest BCUT2D eigenvalue weighted by atomic mass is 10.1. The van der Waals surface area contributed by atoms with Crippen molar-refractivity contribution in [3.8, 4) is 22.8 Å². The first-order valence-electron chi connectivity index (χ1n) is 8.57. The first-order chi connectivity index (χ1) is 13.9. The number of nitrogens with one attached hydrogen (secondary N) is 1. The van der Waals surface area contributed by atoms with Crippen molar-refractivity contribution in [2.75, 3.05) is 0 Å². The number of hydrogen-bond donors (Lipinski definition) is 1. The molecular weight excluding hydrogens is 374 g/mol. The van der Waals surface area contributed by atoms with Crippen LogP contribution in [0.2, 0.25) is 0 Å². The Bertz CT molecular complexity index is 1380. The Kier molecular flexibility index (Phi) is 4.36. The van der Waals surface area contributed by atoms with Gasteiger partial charge < -0.3 is 9.52 Å². The van der Waals surface area contributed by atoms with Crippen LogP contribution in [0.5, 0.6) is 5.75 Å². The number of benzene rings is 2. The number of non-ortho nitro benzene ring substituents is 1. The van der Waals surface area contributed by atoms with Crippen molar-refractivity contribution in [1.29, 1.82) is 0 Å². The van der Waals surface area contributed by atoms with Crippen molar-refractivity contribution in [3.63, 3.8) is 0 Å². The van der Waals surface area contributed by atoms with Crippen molar-refractivity contribution in [2.45, 2.75) is 0 Å². The van der Waals surface area contributed by atoms with E-state index in [0.717, 1.165) is 18.2 Å². The predicted molar refractivity (Wildman–Crippen MR) is 105 cm³/mol. The molecule has 144 valence electrons. The number of aromatic amines is 1. The van der Waals surface area contributed by atoms with Gasteiger partial charge in [-0.2, -0.15) is 0 Å². The van der Waals surface area contributed by atoms with Crippen LogP contribution < -0.4 is 21.2 Å². The second-order valence-electron chi connectivity index (χ2n) is 6.26. The summed E-state index contributed by atoms with van der Waals surface area (Å²) in [4.78, 5) is 23.1. The number of H-pyrrole nitrogens is 1. The Balaban J connectivity index is 1.78. The monoisotopic (exact) mass is 388 g/mol. The zero-order chi connectivity index (χ0) is 20.5. The molecule has 1 N–H and O–H groups in total. The van der Waals surface area contributed by atoms with Crippen LogP contribution in [0.25, 0.3) is 29.7 Å². The standard InChI is InChI=1S/C21H15N3O5/c1-13-17(21(26)23(22-13)14-5-3-2-4-6-14)12-16-8-10-20(29-16)18-11-15(24(27)28)7-9-19(18)25/h2-12,22,25H,1H2/p-1. The number of nitrogens with zero attached hydrogens (tertiary/aromatic N) is 2. The van der Waals surface area contributed by atoms with Gasteiger partial charge in [-0.3, -0.25) is 20.0 Å². The summed E-state index contributed by atoms with van der Waals surface area (Å²) in [5.74, 6) is 0.0871. The molecule has 0 atom stereocenters. The van der Waals surface area contributed by atoms with E-state index in [2.05, 4.69) is 11.7 Å². The highest BCUT2D eigenvalue weighted by Crippen LogP contribution is 2.32. The molecule has 0 radical (unpaired) electrons. The quantitative estimate of drug-likeness (QED) is 0.421. The van der Waals surface area contributed by atoms with Gasteiger partial charge in [-0.1, -0.05) is 36.6 Å². The molecule has 0 amide bonds. The summed E-state index contributed by atoms with van der Waals surface area (Å²) in [6.07, 6.45) is 1.51. The summed E-state index contributed by atoms with van der Waals surface area (Å²) in [6, 6.07) is 15.6. The molecule has 0 bridgehead atoms. The third kappa shape index (κ3) is 3.34. The van der Waals surface area contributed by atoms with E-state index in [0.29, 0.717) is 22.0 Å². The molecule has 2 aromatic heterocycles. The lowest BCUT2D eigenvalue weighted by Gasteiger charge is -2.10. The van der Waals surface area contributed by atoms with Crippen molar-refractivity contribution in [2.24, 2.45) is 0 Å². The summed E-state index contributed by atoms with van der Waals surface area (Å²) < 4.78 is 7.02. The van der Waals surface area contributed by atoms with Gasteiger partial charge >= 0.3 is 0 Å².